The number of hydrogen-bond acceptors (Lipinski definition) is 3. The number of nitrogens with one attached hydrogen (secondary N) is 2. The third-order valence-corrected chi connectivity index (χ3v) is 4.46. The SMILES string of the molecule is O=C(CCC(=O)N1CCOc2ccccc21)Nc1cccc2[nH]ccc12. The van der Waals surface area contributed by atoms with Crippen LogP contribution in [-0.2, 0) is 9.59 Å². The van der Waals surface area contributed by atoms with Crippen LogP contribution in [0.1, 0.15) is 12.8 Å². The van der Waals surface area contributed by atoms with Crippen molar-refractivity contribution in [3.8, 4) is 5.75 Å². The number of carbonyl (C=O) groups excluding carboxylic acids is 2. The summed E-state index contributed by atoms with van der Waals surface area (Å²) in [7, 11) is 0. The number of rotatable bonds is 4. The highest BCUT2D eigenvalue weighted by atomic mass is 16.5. The van der Waals surface area contributed by atoms with Crippen LogP contribution < -0.4 is 15.0 Å². The largest absolute Gasteiger partial charge is 0.490 e. The molecule has 0 saturated heterocycles. The highest BCUT2D eigenvalue weighted by molar-refractivity contribution is 6.03. The molecule has 0 spiro atoms. The molecule has 4 rings (SSSR count). The van der Waals surface area contributed by atoms with Crippen molar-refractivity contribution in [2.45, 2.75) is 12.8 Å². The first-order valence-corrected chi connectivity index (χ1v) is 8.60. The lowest BCUT2D eigenvalue weighted by Crippen LogP contribution is -2.38. The van der Waals surface area contributed by atoms with Crippen molar-refractivity contribution >= 4 is 34.1 Å². The number of anilines is 2. The highest BCUT2D eigenvalue weighted by Gasteiger charge is 2.23. The molecule has 0 radical (unpaired) electrons. The molecule has 2 amide bonds. The van der Waals surface area contributed by atoms with Gasteiger partial charge in [-0.1, -0.05) is 18.2 Å². The number of carbonyl (C=O) groups is 2. The van der Waals surface area contributed by atoms with Gasteiger partial charge in [-0.3, -0.25) is 9.59 Å². The van der Waals surface area contributed by atoms with Gasteiger partial charge >= 0.3 is 0 Å². The van der Waals surface area contributed by atoms with E-state index in [9.17, 15) is 9.59 Å². The minimum atomic E-state index is -0.173. The van der Waals surface area contributed by atoms with E-state index in [0.29, 0.717) is 18.9 Å². The minimum Gasteiger partial charge on any atom is -0.490 e. The predicted molar refractivity (Wildman–Crippen MR) is 100 cm³/mol. The second-order valence-corrected chi connectivity index (χ2v) is 6.15. The molecule has 2 aromatic carbocycles. The van der Waals surface area contributed by atoms with E-state index < -0.39 is 0 Å². The van der Waals surface area contributed by atoms with Crippen LogP contribution in [0.2, 0.25) is 0 Å². The lowest BCUT2D eigenvalue weighted by atomic mass is 10.2. The molecule has 132 valence electrons. The standard InChI is InChI=1S/C20H19N3O3/c24-19(22-16-5-3-4-15-14(16)10-11-21-15)8-9-20(25)23-12-13-26-18-7-2-1-6-17(18)23/h1-7,10-11,21H,8-9,12-13H2,(H,22,24). The lowest BCUT2D eigenvalue weighted by molar-refractivity contribution is -0.122. The zero-order chi connectivity index (χ0) is 17.9. The number of amides is 2. The smallest absolute Gasteiger partial charge is 0.227 e. The van der Waals surface area contributed by atoms with Gasteiger partial charge in [0.05, 0.1) is 17.9 Å². The summed E-state index contributed by atoms with van der Waals surface area (Å²) >= 11 is 0. The third kappa shape index (κ3) is 3.13. The fraction of sp³-hybridized carbons (Fsp3) is 0.200. The molecule has 6 heteroatoms. The molecule has 0 fully saturated rings. The molecule has 2 N–H and O–H groups in total. The van der Waals surface area contributed by atoms with Crippen LogP contribution in [0.25, 0.3) is 10.9 Å². The summed E-state index contributed by atoms with van der Waals surface area (Å²) < 4.78 is 5.57. The summed E-state index contributed by atoms with van der Waals surface area (Å²) in [5.74, 6) is 0.458. The Labute approximate surface area is 150 Å². The summed E-state index contributed by atoms with van der Waals surface area (Å²) in [6, 6.07) is 15.1. The number of nitrogens with zero attached hydrogens (tertiary/aromatic N) is 1. The molecule has 26 heavy (non-hydrogen) atoms. The van der Waals surface area contributed by atoms with Crippen molar-refractivity contribution in [1.82, 2.24) is 4.98 Å². The highest BCUT2D eigenvalue weighted by Crippen LogP contribution is 2.31. The number of fused-ring (bicyclic) bond motifs is 2. The van der Waals surface area contributed by atoms with E-state index >= 15 is 0 Å². The zero-order valence-corrected chi connectivity index (χ0v) is 14.2. The monoisotopic (exact) mass is 349 g/mol. The average Bonchev–Trinajstić information content (AvgIpc) is 3.15. The Bertz CT molecular complexity index is 964. The third-order valence-electron chi connectivity index (χ3n) is 4.46. The Balaban J connectivity index is 1.39. The molecule has 0 saturated carbocycles. The Kier molecular flexibility index (Phi) is 4.31. The van der Waals surface area contributed by atoms with Crippen molar-refractivity contribution in [1.29, 1.82) is 0 Å². The Morgan fingerprint density at radius 1 is 1.08 bits per heavy atom. The molecule has 0 unspecified atom stereocenters. The molecule has 1 aliphatic heterocycles. The van der Waals surface area contributed by atoms with Gasteiger partial charge in [-0.25, -0.2) is 0 Å². The molecule has 1 aliphatic rings. The fourth-order valence-electron chi connectivity index (χ4n) is 3.19. The second kappa shape index (κ2) is 6.92. The molecule has 0 bridgehead atoms. The first kappa shape index (κ1) is 16.2. The number of hydrogen-bond donors (Lipinski definition) is 2. The first-order valence-electron chi connectivity index (χ1n) is 8.60. The molecule has 0 atom stereocenters. The summed E-state index contributed by atoms with van der Waals surface area (Å²) in [5, 5.41) is 3.85. The molecular weight excluding hydrogens is 330 g/mol. The Morgan fingerprint density at radius 2 is 1.96 bits per heavy atom. The number of aromatic amines is 1. The van der Waals surface area contributed by atoms with Gasteiger partial charge in [0.15, 0.2) is 0 Å². The van der Waals surface area contributed by atoms with Crippen LogP contribution in [0.4, 0.5) is 11.4 Å². The predicted octanol–water partition coefficient (Wildman–Crippen LogP) is 3.31. The topological polar surface area (TPSA) is 74.4 Å². The van der Waals surface area contributed by atoms with E-state index in [1.807, 2.05) is 54.7 Å². The first-order chi connectivity index (χ1) is 12.7. The van der Waals surface area contributed by atoms with E-state index in [1.54, 1.807) is 4.90 Å². The second-order valence-electron chi connectivity index (χ2n) is 6.15. The maximum Gasteiger partial charge on any atom is 0.227 e. The van der Waals surface area contributed by atoms with Crippen LogP contribution >= 0.6 is 0 Å². The van der Waals surface area contributed by atoms with Gasteiger partial charge in [0.2, 0.25) is 11.8 Å². The zero-order valence-electron chi connectivity index (χ0n) is 14.2. The quantitative estimate of drug-likeness (QED) is 0.759. The van der Waals surface area contributed by atoms with E-state index in [2.05, 4.69) is 10.3 Å². The van der Waals surface area contributed by atoms with Gasteiger partial charge in [-0.2, -0.15) is 0 Å². The van der Waals surface area contributed by atoms with Crippen LogP contribution in [0.5, 0.6) is 5.75 Å². The summed E-state index contributed by atoms with van der Waals surface area (Å²) in [5.41, 5.74) is 2.47. The average molecular weight is 349 g/mol. The van der Waals surface area contributed by atoms with E-state index in [1.165, 1.54) is 0 Å². The number of para-hydroxylation sites is 2. The van der Waals surface area contributed by atoms with Crippen LogP contribution in [-0.4, -0.2) is 29.9 Å². The van der Waals surface area contributed by atoms with Crippen LogP contribution in [0.3, 0.4) is 0 Å². The van der Waals surface area contributed by atoms with Crippen molar-refractivity contribution < 1.29 is 14.3 Å². The molecule has 6 nitrogen and oxygen atoms in total. The Morgan fingerprint density at radius 3 is 2.88 bits per heavy atom. The van der Waals surface area contributed by atoms with Gasteiger partial charge in [-0.15, -0.1) is 0 Å². The number of H-pyrrole nitrogens is 1. The maximum absolute atomic E-state index is 12.6. The van der Waals surface area contributed by atoms with Gasteiger partial charge in [0.1, 0.15) is 12.4 Å². The molecular formula is C20H19N3O3. The summed E-state index contributed by atoms with van der Waals surface area (Å²) in [6.45, 7) is 0.963. The van der Waals surface area contributed by atoms with E-state index in [-0.39, 0.29) is 24.7 Å². The number of ether oxygens (including phenoxy) is 1. The molecule has 2 heterocycles. The molecule has 3 aromatic rings. The van der Waals surface area contributed by atoms with Gasteiger partial charge in [-0.05, 0) is 30.3 Å². The summed E-state index contributed by atoms with van der Waals surface area (Å²) in [6.07, 6.45) is 2.13. The van der Waals surface area contributed by atoms with Crippen LogP contribution in [0, 0.1) is 0 Å². The van der Waals surface area contributed by atoms with Crippen molar-refractivity contribution in [3.63, 3.8) is 0 Å². The van der Waals surface area contributed by atoms with E-state index in [0.717, 1.165) is 22.3 Å². The van der Waals surface area contributed by atoms with Crippen molar-refractivity contribution in [2.75, 3.05) is 23.4 Å². The molecule has 0 aliphatic carbocycles. The summed E-state index contributed by atoms with van der Waals surface area (Å²) in [4.78, 5) is 29.7. The maximum atomic E-state index is 12.6. The number of benzene rings is 2. The van der Waals surface area contributed by atoms with E-state index in [4.69, 9.17) is 4.74 Å². The Hall–Kier alpha value is -3.28. The van der Waals surface area contributed by atoms with Gasteiger partial charge in [0, 0.05) is 29.9 Å². The minimum absolute atomic E-state index is 0.0734. The van der Waals surface area contributed by atoms with Gasteiger partial charge in [0.25, 0.3) is 0 Å². The van der Waals surface area contributed by atoms with Gasteiger partial charge < -0.3 is 19.9 Å². The lowest BCUT2D eigenvalue weighted by Gasteiger charge is -2.29. The van der Waals surface area contributed by atoms with Crippen molar-refractivity contribution in [2.24, 2.45) is 0 Å². The molecule has 1 aromatic heterocycles. The normalized spacial score (nSPS) is 13.2. The van der Waals surface area contributed by atoms with Crippen molar-refractivity contribution in [3.05, 3.63) is 54.7 Å². The fourth-order valence-corrected chi connectivity index (χ4v) is 3.19. The van der Waals surface area contributed by atoms with Crippen LogP contribution in [0.15, 0.2) is 54.7 Å². The number of aromatic nitrogens is 1.